The molecule has 2 N–H and O–H groups in total. The Hall–Kier alpha value is -4.49. The summed E-state index contributed by atoms with van der Waals surface area (Å²) in [5.41, 5.74) is 0.553. The molecule has 0 saturated carbocycles. The van der Waals surface area contributed by atoms with Crippen LogP contribution in [0.5, 0.6) is 5.75 Å². The Balaban J connectivity index is 1.42. The number of ether oxygens (including phenoxy) is 2. The van der Waals surface area contributed by atoms with Crippen molar-refractivity contribution in [3.8, 4) is 17.0 Å². The molecule has 14 heteroatoms. The van der Waals surface area contributed by atoms with E-state index < -0.39 is 17.5 Å². The van der Waals surface area contributed by atoms with Crippen molar-refractivity contribution in [2.24, 2.45) is 0 Å². The fourth-order valence-corrected chi connectivity index (χ4v) is 5.32. The molecule has 2 aliphatic rings. The first-order valence-corrected chi connectivity index (χ1v) is 15.4. The molecule has 1 aromatic carbocycles. The van der Waals surface area contributed by atoms with Crippen LogP contribution in [0.3, 0.4) is 0 Å². The molecule has 0 aliphatic carbocycles. The third-order valence-corrected chi connectivity index (χ3v) is 7.69. The number of carbonyl (C=O) groups is 3. The second kappa shape index (κ2) is 13.9. The standard InChI is InChI=1S/C32H37ClFN7O5/c1-20(42)40-13-11-39(12-14-40)10-9-36-30(43)23-19-35-8-7-25(23)37-27-18-26(22-17-21(33)5-6-24(22)34)38-29-28(27)45-16-15-41(29)31(44)46-32(2,3)4/h5-8,17-19H,9-16H2,1-4H3,(H,36,43)(H,35,37,38). The lowest BCUT2D eigenvalue weighted by atomic mass is 10.1. The van der Waals surface area contributed by atoms with Crippen LogP contribution in [0.4, 0.5) is 26.4 Å². The third-order valence-electron chi connectivity index (χ3n) is 7.46. The predicted molar refractivity (Wildman–Crippen MR) is 172 cm³/mol. The Morgan fingerprint density at radius 1 is 1.07 bits per heavy atom. The minimum absolute atomic E-state index is 0.0628. The molecule has 2 aliphatic heterocycles. The molecule has 3 amide bonds. The number of hydrogen-bond donors (Lipinski definition) is 2. The topological polar surface area (TPSA) is 129 Å². The highest BCUT2D eigenvalue weighted by Crippen LogP contribution is 2.42. The normalized spacial score (nSPS) is 15.1. The Labute approximate surface area is 271 Å². The number of fused-ring (bicyclic) bond motifs is 1. The molecule has 12 nitrogen and oxygen atoms in total. The number of aromatic nitrogens is 2. The van der Waals surface area contributed by atoms with Crippen molar-refractivity contribution in [1.29, 1.82) is 0 Å². The highest BCUT2D eigenvalue weighted by molar-refractivity contribution is 6.30. The van der Waals surface area contributed by atoms with E-state index in [0.717, 1.165) is 13.1 Å². The summed E-state index contributed by atoms with van der Waals surface area (Å²) >= 11 is 6.21. The minimum Gasteiger partial charge on any atom is -0.486 e. The largest absolute Gasteiger partial charge is 0.486 e. The number of amides is 3. The van der Waals surface area contributed by atoms with E-state index in [9.17, 15) is 14.4 Å². The average molecular weight is 654 g/mol. The third kappa shape index (κ3) is 7.83. The van der Waals surface area contributed by atoms with Gasteiger partial charge < -0.3 is 25.0 Å². The molecule has 1 saturated heterocycles. The number of hydrogen-bond acceptors (Lipinski definition) is 9. The monoisotopic (exact) mass is 653 g/mol. The van der Waals surface area contributed by atoms with E-state index in [0.29, 0.717) is 42.6 Å². The van der Waals surface area contributed by atoms with Gasteiger partial charge in [0, 0.05) is 69.2 Å². The van der Waals surface area contributed by atoms with Gasteiger partial charge in [-0.1, -0.05) is 11.6 Å². The number of halogens is 2. The second-order valence-corrected chi connectivity index (χ2v) is 12.4. The summed E-state index contributed by atoms with van der Waals surface area (Å²) in [7, 11) is 0. The number of carbonyl (C=O) groups excluding carboxylic acids is 3. The summed E-state index contributed by atoms with van der Waals surface area (Å²) in [6, 6.07) is 7.33. The van der Waals surface area contributed by atoms with Crippen LogP contribution in [0, 0.1) is 5.82 Å². The van der Waals surface area contributed by atoms with Crippen LogP contribution in [0.15, 0.2) is 42.7 Å². The molecule has 5 rings (SSSR count). The number of anilines is 3. The fraction of sp³-hybridized carbons (Fsp3) is 0.406. The maximum absolute atomic E-state index is 15.1. The molecule has 0 atom stereocenters. The van der Waals surface area contributed by atoms with E-state index in [-0.39, 0.29) is 53.4 Å². The van der Waals surface area contributed by atoms with E-state index in [1.807, 2.05) is 4.90 Å². The molecule has 3 aromatic rings. The molecular formula is C32H37ClFN7O5. The van der Waals surface area contributed by atoms with Gasteiger partial charge in [-0.2, -0.15) is 0 Å². The Bertz CT molecular complexity index is 1620. The van der Waals surface area contributed by atoms with Crippen LogP contribution in [0.1, 0.15) is 38.1 Å². The zero-order valence-corrected chi connectivity index (χ0v) is 27.0. The summed E-state index contributed by atoms with van der Waals surface area (Å²) in [6.07, 6.45) is 2.35. The lowest BCUT2D eigenvalue weighted by molar-refractivity contribution is -0.130. The van der Waals surface area contributed by atoms with Gasteiger partial charge in [-0.25, -0.2) is 14.2 Å². The van der Waals surface area contributed by atoms with Crippen molar-refractivity contribution in [3.05, 3.63) is 59.1 Å². The van der Waals surface area contributed by atoms with Gasteiger partial charge in [-0.15, -0.1) is 0 Å². The molecule has 0 spiro atoms. The number of rotatable bonds is 7. The lowest BCUT2D eigenvalue weighted by Gasteiger charge is -2.34. The zero-order chi connectivity index (χ0) is 33.0. The van der Waals surface area contributed by atoms with E-state index in [4.69, 9.17) is 21.1 Å². The molecule has 4 heterocycles. The highest BCUT2D eigenvalue weighted by atomic mass is 35.5. The molecule has 0 radical (unpaired) electrons. The van der Waals surface area contributed by atoms with Crippen molar-refractivity contribution in [2.75, 3.05) is 62.6 Å². The zero-order valence-electron chi connectivity index (χ0n) is 26.2. The number of benzene rings is 1. The summed E-state index contributed by atoms with van der Waals surface area (Å²) in [5.74, 6) is -0.484. The van der Waals surface area contributed by atoms with Crippen LogP contribution in [-0.4, -0.2) is 95.7 Å². The summed E-state index contributed by atoms with van der Waals surface area (Å²) in [6.45, 7) is 11.0. The molecule has 1 fully saturated rings. The number of nitrogens with zero attached hydrogens (tertiary/aromatic N) is 5. The van der Waals surface area contributed by atoms with Crippen LogP contribution in [0.25, 0.3) is 11.3 Å². The molecule has 46 heavy (non-hydrogen) atoms. The fourth-order valence-electron chi connectivity index (χ4n) is 5.15. The lowest BCUT2D eigenvalue weighted by Crippen LogP contribution is -2.49. The van der Waals surface area contributed by atoms with Crippen LogP contribution in [0.2, 0.25) is 5.02 Å². The first-order chi connectivity index (χ1) is 21.9. The van der Waals surface area contributed by atoms with Gasteiger partial charge in [0.15, 0.2) is 11.6 Å². The van der Waals surface area contributed by atoms with Crippen molar-refractivity contribution >= 4 is 46.7 Å². The minimum atomic E-state index is -0.768. The summed E-state index contributed by atoms with van der Waals surface area (Å²) in [5, 5.41) is 6.49. The van der Waals surface area contributed by atoms with Gasteiger partial charge in [0.2, 0.25) is 5.91 Å². The first-order valence-electron chi connectivity index (χ1n) is 15.0. The molecule has 0 unspecified atom stereocenters. The smallest absolute Gasteiger partial charge is 0.416 e. The molecule has 2 aromatic heterocycles. The maximum atomic E-state index is 15.1. The Kier molecular flexibility index (Phi) is 9.92. The van der Waals surface area contributed by atoms with E-state index >= 15 is 4.39 Å². The number of piperazine rings is 1. The second-order valence-electron chi connectivity index (χ2n) is 12.0. The van der Waals surface area contributed by atoms with Gasteiger partial charge in [-0.3, -0.25) is 24.4 Å². The van der Waals surface area contributed by atoms with Crippen LogP contribution < -0.4 is 20.3 Å². The predicted octanol–water partition coefficient (Wildman–Crippen LogP) is 4.71. The average Bonchev–Trinajstić information content (AvgIpc) is 3.01. The van der Waals surface area contributed by atoms with Crippen LogP contribution in [-0.2, 0) is 9.53 Å². The number of pyridine rings is 2. The van der Waals surface area contributed by atoms with Gasteiger partial charge in [0.05, 0.1) is 29.2 Å². The summed E-state index contributed by atoms with van der Waals surface area (Å²) < 4.78 is 26.7. The van der Waals surface area contributed by atoms with E-state index in [1.165, 1.54) is 35.5 Å². The molecular weight excluding hydrogens is 617 g/mol. The van der Waals surface area contributed by atoms with Gasteiger partial charge in [0.1, 0.15) is 18.0 Å². The summed E-state index contributed by atoms with van der Waals surface area (Å²) in [4.78, 5) is 52.3. The molecule has 0 bridgehead atoms. The molecule has 244 valence electrons. The van der Waals surface area contributed by atoms with E-state index in [1.54, 1.807) is 39.8 Å². The van der Waals surface area contributed by atoms with Crippen molar-refractivity contribution in [3.63, 3.8) is 0 Å². The first kappa shape index (κ1) is 32.9. The Morgan fingerprint density at radius 2 is 1.83 bits per heavy atom. The van der Waals surface area contributed by atoms with Crippen molar-refractivity contribution in [1.82, 2.24) is 25.1 Å². The van der Waals surface area contributed by atoms with Gasteiger partial charge in [0.25, 0.3) is 5.91 Å². The Morgan fingerprint density at radius 3 is 2.54 bits per heavy atom. The van der Waals surface area contributed by atoms with Gasteiger partial charge >= 0.3 is 6.09 Å². The number of nitrogens with one attached hydrogen (secondary N) is 2. The SMILES string of the molecule is CC(=O)N1CCN(CCNC(=O)c2cnccc2Nc2cc(-c3cc(Cl)ccc3F)nc3c2OCCN3C(=O)OC(C)(C)C)CC1. The van der Waals surface area contributed by atoms with Crippen LogP contribution >= 0.6 is 11.6 Å². The van der Waals surface area contributed by atoms with Gasteiger partial charge in [-0.05, 0) is 51.1 Å². The quantitative estimate of drug-likeness (QED) is 0.373. The van der Waals surface area contributed by atoms with Crippen molar-refractivity contribution in [2.45, 2.75) is 33.3 Å². The highest BCUT2D eigenvalue weighted by Gasteiger charge is 2.32. The van der Waals surface area contributed by atoms with Crippen molar-refractivity contribution < 1.29 is 28.2 Å². The maximum Gasteiger partial charge on any atom is 0.416 e. The van der Waals surface area contributed by atoms with E-state index in [2.05, 4.69) is 25.5 Å².